The van der Waals surface area contributed by atoms with Crippen LogP contribution in [0.25, 0.3) is 22.3 Å². The van der Waals surface area contributed by atoms with Crippen molar-refractivity contribution in [2.24, 2.45) is 0 Å². The summed E-state index contributed by atoms with van der Waals surface area (Å²) in [5, 5.41) is 4.28. The van der Waals surface area contributed by atoms with Crippen LogP contribution in [0.5, 0.6) is 0 Å². The molecule has 0 saturated heterocycles. The molecule has 0 aliphatic heterocycles. The van der Waals surface area contributed by atoms with Crippen LogP contribution >= 0.6 is 0 Å². The number of aromatic nitrogens is 4. The van der Waals surface area contributed by atoms with E-state index >= 15 is 0 Å². The normalized spacial score (nSPS) is 11.4. The molecule has 128 valence electrons. The highest BCUT2D eigenvalue weighted by Crippen LogP contribution is 2.25. The highest BCUT2D eigenvalue weighted by atomic mass is 15.3. The maximum Gasteiger partial charge on any atom is 0.165 e. The third-order valence-electron chi connectivity index (χ3n) is 3.52. The molecule has 0 unspecified atom stereocenters. The van der Waals surface area contributed by atoms with Gasteiger partial charge in [-0.15, -0.1) is 0 Å². The fourth-order valence-electron chi connectivity index (χ4n) is 2.34. The van der Waals surface area contributed by atoms with E-state index in [-0.39, 0.29) is 0 Å². The molecule has 0 amide bonds. The molecule has 25 heavy (non-hydrogen) atoms. The molecule has 0 aromatic carbocycles. The van der Waals surface area contributed by atoms with E-state index in [1.807, 2.05) is 57.3 Å². The zero-order valence-corrected chi connectivity index (χ0v) is 14.8. The third-order valence-corrected chi connectivity index (χ3v) is 3.52. The maximum absolute atomic E-state index is 5.90. The second-order valence-electron chi connectivity index (χ2n) is 4.93. The molecule has 3 heterocycles. The summed E-state index contributed by atoms with van der Waals surface area (Å²) in [6.45, 7) is 9.67. The number of anilines is 1. The molecule has 0 aliphatic rings. The zero-order valence-electron chi connectivity index (χ0n) is 14.8. The first-order valence-corrected chi connectivity index (χ1v) is 8.25. The predicted molar refractivity (Wildman–Crippen MR) is 105 cm³/mol. The minimum Gasteiger partial charge on any atom is -0.384 e. The average Bonchev–Trinajstić information content (AvgIpc) is 3.10. The number of nitrogen functional groups attached to an aromatic ring is 1. The van der Waals surface area contributed by atoms with Crippen LogP contribution in [0.1, 0.15) is 26.5 Å². The van der Waals surface area contributed by atoms with Gasteiger partial charge in [-0.1, -0.05) is 50.8 Å². The van der Waals surface area contributed by atoms with Crippen LogP contribution in [0.2, 0.25) is 0 Å². The van der Waals surface area contributed by atoms with Crippen molar-refractivity contribution in [3.05, 3.63) is 73.4 Å². The number of allylic oxidation sites excluding steroid dienone is 5. The quantitative estimate of drug-likeness (QED) is 0.711. The fourth-order valence-corrected chi connectivity index (χ4v) is 2.34. The standard InChI is InChI=1S/C18H17N5.C2H6/c1-3-5-6-13(4-2)16-8-7-14(11-21-16)15-12-22-23-17(19)9-10-20-18(15)23;1-2/h3-12H,1,19H2,2H3;1-2H3/b6-5-,13-4+;. The van der Waals surface area contributed by atoms with Crippen molar-refractivity contribution in [1.82, 2.24) is 19.6 Å². The van der Waals surface area contributed by atoms with Gasteiger partial charge in [-0.05, 0) is 24.6 Å². The first-order valence-electron chi connectivity index (χ1n) is 8.25. The molecular weight excluding hydrogens is 310 g/mol. The Bertz CT molecular complexity index is 901. The number of nitrogens with two attached hydrogens (primary N) is 1. The Hall–Kier alpha value is -3.21. The summed E-state index contributed by atoms with van der Waals surface area (Å²) < 4.78 is 1.62. The molecule has 0 fully saturated rings. The molecule has 0 radical (unpaired) electrons. The monoisotopic (exact) mass is 333 g/mol. The van der Waals surface area contributed by atoms with E-state index in [1.54, 1.807) is 29.1 Å². The summed E-state index contributed by atoms with van der Waals surface area (Å²) in [6, 6.07) is 5.71. The second-order valence-corrected chi connectivity index (χ2v) is 4.93. The van der Waals surface area contributed by atoms with Gasteiger partial charge in [-0.2, -0.15) is 9.61 Å². The van der Waals surface area contributed by atoms with Gasteiger partial charge < -0.3 is 5.73 Å². The van der Waals surface area contributed by atoms with E-state index in [1.165, 1.54) is 0 Å². The first-order chi connectivity index (χ1) is 12.2. The summed E-state index contributed by atoms with van der Waals surface area (Å²) in [5.41, 5.74) is 10.4. The molecule has 5 nitrogen and oxygen atoms in total. The lowest BCUT2D eigenvalue weighted by atomic mass is 10.1. The van der Waals surface area contributed by atoms with Crippen LogP contribution in [0, 0.1) is 0 Å². The molecule has 5 heteroatoms. The molecule has 0 saturated carbocycles. The molecule has 2 N–H and O–H groups in total. The van der Waals surface area contributed by atoms with Crippen LogP contribution in [0.15, 0.2) is 67.7 Å². The number of nitrogens with zero attached hydrogens (tertiary/aromatic N) is 4. The van der Waals surface area contributed by atoms with Crippen LogP contribution in [0.3, 0.4) is 0 Å². The van der Waals surface area contributed by atoms with Gasteiger partial charge in [0.15, 0.2) is 5.65 Å². The molecular formula is C20H23N5. The third kappa shape index (κ3) is 3.83. The van der Waals surface area contributed by atoms with Gasteiger partial charge in [0.2, 0.25) is 0 Å². The molecule has 3 rings (SSSR count). The van der Waals surface area contributed by atoms with E-state index < -0.39 is 0 Å². The Labute approximate surface area is 148 Å². The van der Waals surface area contributed by atoms with Crippen molar-refractivity contribution in [3.8, 4) is 11.1 Å². The van der Waals surface area contributed by atoms with E-state index in [9.17, 15) is 0 Å². The number of rotatable bonds is 4. The number of pyridine rings is 1. The van der Waals surface area contributed by atoms with Gasteiger partial charge in [-0.3, -0.25) is 4.98 Å². The lowest BCUT2D eigenvalue weighted by Gasteiger charge is -2.03. The van der Waals surface area contributed by atoms with Crippen molar-refractivity contribution in [3.63, 3.8) is 0 Å². The molecule has 0 atom stereocenters. The SMILES string of the molecule is C=C/C=C\C(=C/C)c1ccc(-c2cnn3c(N)ccnc23)cn1.CC. The predicted octanol–water partition coefficient (Wildman–Crippen LogP) is 4.55. The lowest BCUT2D eigenvalue weighted by molar-refractivity contribution is 0.952. The highest BCUT2D eigenvalue weighted by molar-refractivity contribution is 5.79. The first kappa shape index (κ1) is 18.1. The van der Waals surface area contributed by atoms with Crippen molar-refractivity contribution < 1.29 is 0 Å². The zero-order chi connectivity index (χ0) is 18.2. The Balaban J connectivity index is 0.00000109. The Morgan fingerprint density at radius 1 is 1.16 bits per heavy atom. The summed E-state index contributed by atoms with van der Waals surface area (Å²) in [7, 11) is 0. The molecule has 0 spiro atoms. The van der Waals surface area contributed by atoms with Crippen molar-refractivity contribution in [2.45, 2.75) is 20.8 Å². The topological polar surface area (TPSA) is 69.1 Å². The van der Waals surface area contributed by atoms with Crippen LogP contribution in [-0.4, -0.2) is 19.6 Å². The van der Waals surface area contributed by atoms with Crippen molar-refractivity contribution in [2.75, 3.05) is 5.73 Å². The van der Waals surface area contributed by atoms with Gasteiger partial charge in [0.1, 0.15) is 5.82 Å². The average molecular weight is 333 g/mol. The number of hydrogen-bond acceptors (Lipinski definition) is 4. The van der Waals surface area contributed by atoms with E-state index in [4.69, 9.17) is 5.73 Å². The Morgan fingerprint density at radius 2 is 1.96 bits per heavy atom. The Kier molecular flexibility index (Phi) is 6.23. The minimum atomic E-state index is 0.552. The lowest BCUT2D eigenvalue weighted by Crippen LogP contribution is -1.98. The van der Waals surface area contributed by atoms with Gasteiger partial charge in [0, 0.05) is 23.5 Å². The van der Waals surface area contributed by atoms with Gasteiger partial charge in [0.05, 0.1) is 11.9 Å². The number of fused-ring (bicyclic) bond motifs is 1. The minimum absolute atomic E-state index is 0.552. The number of hydrogen-bond donors (Lipinski definition) is 1. The second kappa shape index (κ2) is 8.59. The van der Waals surface area contributed by atoms with Crippen LogP contribution in [0.4, 0.5) is 5.82 Å². The molecule has 3 aromatic rings. The van der Waals surface area contributed by atoms with Crippen LogP contribution < -0.4 is 5.73 Å². The maximum atomic E-state index is 5.90. The summed E-state index contributed by atoms with van der Waals surface area (Å²) >= 11 is 0. The smallest absolute Gasteiger partial charge is 0.165 e. The van der Waals surface area contributed by atoms with Gasteiger partial charge in [0.25, 0.3) is 0 Å². The fraction of sp³-hybridized carbons (Fsp3) is 0.150. The van der Waals surface area contributed by atoms with Gasteiger partial charge in [-0.25, -0.2) is 4.98 Å². The van der Waals surface area contributed by atoms with E-state index in [0.717, 1.165) is 28.0 Å². The largest absolute Gasteiger partial charge is 0.384 e. The van der Waals surface area contributed by atoms with E-state index in [2.05, 4.69) is 21.6 Å². The molecule has 3 aromatic heterocycles. The molecule has 0 bridgehead atoms. The van der Waals surface area contributed by atoms with Crippen LogP contribution in [-0.2, 0) is 0 Å². The van der Waals surface area contributed by atoms with Gasteiger partial charge >= 0.3 is 0 Å². The van der Waals surface area contributed by atoms with Crippen molar-refractivity contribution in [1.29, 1.82) is 0 Å². The van der Waals surface area contributed by atoms with E-state index in [0.29, 0.717) is 5.82 Å². The highest BCUT2D eigenvalue weighted by Gasteiger charge is 2.10. The summed E-state index contributed by atoms with van der Waals surface area (Å²) in [4.78, 5) is 8.89. The molecule has 0 aliphatic carbocycles. The summed E-state index contributed by atoms with van der Waals surface area (Å²) in [6.07, 6.45) is 12.9. The summed E-state index contributed by atoms with van der Waals surface area (Å²) in [5.74, 6) is 0.552. The Morgan fingerprint density at radius 3 is 2.60 bits per heavy atom. The van der Waals surface area contributed by atoms with Crippen molar-refractivity contribution >= 4 is 17.0 Å².